The topological polar surface area (TPSA) is 89.1 Å². The van der Waals surface area contributed by atoms with Crippen molar-refractivity contribution >= 4 is 11.0 Å². The third-order valence-electron chi connectivity index (χ3n) is 3.49. The van der Waals surface area contributed by atoms with Gasteiger partial charge < -0.3 is 24.1 Å². The molecule has 2 aromatic carbocycles. The molecule has 0 atom stereocenters. The van der Waals surface area contributed by atoms with Crippen LogP contribution in [0.2, 0.25) is 0 Å². The van der Waals surface area contributed by atoms with E-state index in [2.05, 4.69) is 0 Å². The van der Waals surface area contributed by atoms with Crippen molar-refractivity contribution in [2.24, 2.45) is 0 Å². The van der Waals surface area contributed by atoms with Crippen LogP contribution in [0.5, 0.6) is 23.0 Å². The Morgan fingerprint density at radius 2 is 1.70 bits per heavy atom. The van der Waals surface area contributed by atoms with E-state index < -0.39 is 11.2 Å². The van der Waals surface area contributed by atoms with E-state index in [4.69, 9.17) is 13.9 Å². The quantitative estimate of drug-likeness (QED) is 0.772. The predicted molar refractivity (Wildman–Crippen MR) is 84.4 cm³/mol. The number of phenols is 1. The molecule has 0 spiro atoms. The highest BCUT2D eigenvalue weighted by molar-refractivity contribution is 5.88. The fourth-order valence-electron chi connectivity index (χ4n) is 2.36. The molecule has 3 rings (SSSR count). The second kappa shape index (κ2) is 5.57. The van der Waals surface area contributed by atoms with E-state index in [1.54, 1.807) is 24.3 Å². The molecule has 23 heavy (non-hydrogen) atoms. The maximum absolute atomic E-state index is 12.4. The molecular weight excluding hydrogens is 300 g/mol. The summed E-state index contributed by atoms with van der Waals surface area (Å²) >= 11 is 0. The van der Waals surface area contributed by atoms with Gasteiger partial charge in [-0.2, -0.15) is 0 Å². The van der Waals surface area contributed by atoms with Crippen LogP contribution >= 0.6 is 0 Å². The monoisotopic (exact) mass is 314 g/mol. The molecule has 0 amide bonds. The number of phenolic OH excluding ortho intramolecular Hbond substituents is 1. The number of aromatic hydroxyl groups is 2. The molecule has 2 N–H and O–H groups in total. The van der Waals surface area contributed by atoms with Crippen molar-refractivity contribution in [3.8, 4) is 34.3 Å². The molecule has 3 aromatic rings. The summed E-state index contributed by atoms with van der Waals surface area (Å²) in [5.41, 5.74) is -0.00556. The Morgan fingerprint density at radius 1 is 1.00 bits per heavy atom. The zero-order valence-corrected chi connectivity index (χ0v) is 12.5. The van der Waals surface area contributed by atoms with Crippen molar-refractivity contribution in [2.75, 3.05) is 14.2 Å². The molecular formula is C17H14O6. The number of ether oxygens (including phenoxy) is 2. The molecule has 6 nitrogen and oxygen atoms in total. The minimum atomic E-state index is -0.631. The summed E-state index contributed by atoms with van der Waals surface area (Å²) in [5, 5.41) is 20.0. The summed E-state index contributed by atoms with van der Waals surface area (Å²) in [7, 11) is 2.90. The Labute approximate surface area is 131 Å². The van der Waals surface area contributed by atoms with Gasteiger partial charge in [0.1, 0.15) is 28.2 Å². The molecule has 0 saturated carbocycles. The second-order valence-corrected chi connectivity index (χ2v) is 4.86. The van der Waals surface area contributed by atoms with E-state index in [1.165, 1.54) is 26.4 Å². The highest BCUT2D eigenvalue weighted by Gasteiger charge is 2.19. The molecule has 6 heteroatoms. The summed E-state index contributed by atoms with van der Waals surface area (Å²) < 4.78 is 15.8. The van der Waals surface area contributed by atoms with Crippen LogP contribution in [0, 0.1) is 0 Å². The van der Waals surface area contributed by atoms with Crippen molar-refractivity contribution in [2.45, 2.75) is 0 Å². The first-order valence-electron chi connectivity index (χ1n) is 6.76. The summed E-state index contributed by atoms with van der Waals surface area (Å²) in [5.74, 6) is 0.148. The Hall–Kier alpha value is -3.15. The summed E-state index contributed by atoms with van der Waals surface area (Å²) in [6.45, 7) is 0. The lowest BCUT2D eigenvalue weighted by molar-refractivity contribution is 0.408. The van der Waals surface area contributed by atoms with Gasteiger partial charge >= 0.3 is 0 Å². The first-order chi connectivity index (χ1) is 11.0. The van der Waals surface area contributed by atoms with Gasteiger partial charge in [0.15, 0.2) is 5.76 Å². The normalized spacial score (nSPS) is 10.7. The molecule has 0 fully saturated rings. The Balaban J connectivity index is 2.30. The van der Waals surface area contributed by atoms with Gasteiger partial charge in [-0.05, 0) is 24.3 Å². The fourth-order valence-corrected chi connectivity index (χ4v) is 2.36. The average molecular weight is 314 g/mol. The number of hydrogen-bond donors (Lipinski definition) is 2. The fraction of sp³-hybridized carbons (Fsp3) is 0.118. The third-order valence-corrected chi connectivity index (χ3v) is 3.49. The van der Waals surface area contributed by atoms with E-state index in [0.717, 1.165) is 0 Å². The van der Waals surface area contributed by atoms with Crippen LogP contribution in [0.4, 0.5) is 0 Å². The van der Waals surface area contributed by atoms with Crippen LogP contribution < -0.4 is 14.9 Å². The summed E-state index contributed by atoms with van der Waals surface area (Å²) in [6, 6.07) is 9.26. The summed E-state index contributed by atoms with van der Waals surface area (Å²) in [4.78, 5) is 12.4. The SMILES string of the molecule is COc1ccc(-c2oc3cc(O)cc(OC)c3c(=O)c2O)cc1. The molecule has 0 aliphatic rings. The standard InChI is InChI=1S/C17H14O6/c1-21-11-5-3-9(4-6-11)17-16(20)15(19)14-12(22-2)7-10(18)8-13(14)23-17/h3-8,18,20H,1-2H3. The van der Waals surface area contributed by atoms with Gasteiger partial charge in [-0.3, -0.25) is 4.79 Å². The van der Waals surface area contributed by atoms with Gasteiger partial charge in [0, 0.05) is 17.7 Å². The van der Waals surface area contributed by atoms with E-state index in [9.17, 15) is 15.0 Å². The van der Waals surface area contributed by atoms with Crippen molar-refractivity contribution in [1.29, 1.82) is 0 Å². The lowest BCUT2D eigenvalue weighted by Gasteiger charge is -2.09. The number of methoxy groups -OCH3 is 2. The van der Waals surface area contributed by atoms with E-state index >= 15 is 0 Å². The number of hydrogen-bond acceptors (Lipinski definition) is 6. The van der Waals surface area contributed by atoms with Gasteiger partial charge in [0.2, 0.25) is 11.2 Å². The smallest absolute Gasteiger partial charge is 0.238 e. The van der Waals surface area contributed by atoms with Gasteiger partial charge in [-0.25, -0.2) is 0 Å². The Kier molecular flexibility index (Phi) is 3.57. The van der Waals surface area contributed by atoms with Crippen molar-refractivity contribution in [1.82, 2.24) is 0 Å². The zero-order valence-electron chi connectivity index (χ0n) is 12.5. The predicted octanol–water partition coefficient (Wildman–Crippen LogP) is 2.89. The van der Waals surface area contributed by atoms with Gasteiger partial charge in [0.25, 0.3) is 0 Å². The van der Waals surface area contributed by atoms with Crippen LogP contribution in [0.25, 0.3) is 22.3 Å². The van der Waals surface area contributed by atoms with Gasteiger partial charge in [-0.1, -0.05) is 0 Å². The Bertz CT molecular complexity index is 924. The molecule has 118 valence electrons. The van der Waals surface area contributed by atoms with E-state index in [-0.39, 0.29) is 28.2 Å². The Morgan fingerprint density at radius 3 is 2.30 bits per heavy atom. The van der Waals surface area contributed by atoms with Gasteiger partial charge in [-0.15, -0.1) is 0 Å². The first-order valence-corrected chi connectivity index (χ1v) is 6.76. The summed E-state index contributed by atoms with van der Waals surface area (Å²) in [6.07, 6.45) is 0. The maximum Gasteiger partial charge on any atom is 0.238 e. The van der Waals surface area contributed by atoms with Crippen molar-refractivity contribution < 1.29 is 24.1 Å². The minimum Gasteiger partial charge on any atom is -0.508 e. The van der Waals surface area contributed by atoms with Crippen LogP contribution in [0.15, 0.2) is 45.6 Å². The number of fused-ring (bicyclic) bond motifs is 1. The molecule has 0 unspecified atom stereocenters. The molecule has 0 radical (unpaired) electrons. The molecule has 0 aliphatic heterocycles. The van der Waals surface area contributed by atoms with Crippen LogP contribution in [0.3, 0.4) is 0 Å². The van der Waals surface area contributed by atoms with Crippen molar-refractivity contribution in [3.05, 3.63) is 46.6 Å². The van der Waals surface area contributed by atoms with Crippen molar-refractivity contribution in [3.63, 3.8) is 0 Å². The van der Waals surface area contributed by atoms with E-state index in [0.29, 0.717) is 11.3 Å². The van der Waals surface area contributed by atoms with E-state index in [1.807, 2.05) is 0 Å². The van der Waals surface area contributed by atoms with Crippen LogP contribution in [0.1, 0.15) is 0 Å². The average Bonchev–Trinajstić information content (AvgIpc) is 2.57. The lowest BCUT2D eigenvalue weighted by atomic mass is 10.1. The highest BCUT2D eigenvalue weighted by atomic mass is 16.5. The molecule has 0 aliphatic carbocycles. The zero-order chi connectivity index (χ0) is 16.6. The maximum atomic E-state index is 12.4. The molecule has 1 heterocycles. The molecule has 1 aromatic heterocycles. The molecule has 0 bridgehead atoms. The largest absolute Gasteiger partial charge is 0.508 e. The third kappa shape index (κ3) is 2.44. The first kappa shape index (κ1) is 14.8. The highest BCUT2D eigenvalue weighted by Crippen LogP contribution is 2.35. The van der Waals surface area contributed by atoms with Crippen LogP contribution in [-0.2, 0) is 0 Å². The number of benzene rings is 2. The number of rotatable bonds is 3. The minimum absolute atomic E-state index is 0.0119. The van der Waals surface area contributed by atoms with Gasteiger partial charge in [0.05, 0.1) is 14.2 Å². The molecule has 0 saturated heterocycles. The lowest BCUT2D eigenvalue weighted by Crippen LogP contribution is -2.04. The second-order valence-electron chi connectivity index (χ2n) is 4.86. The van der Waals surface area contributed by atoms with Crippen LogP contribution in [-0.4, -0.2) is 24.4 Å².